The van der Waals surface area contributed by atoms with Crippen LogP contribution in [-0.4, -0.2) is 23.4 Å². The van der Waals surface area contributed by atoms with Crippen LogP contribution in [-0.2, 0) is 10.3 Å². The molecule has 2 aromatic rings. The monoisotopic (exact) mass is 343 g/mol. The molecule has 20 heavy (non-hydrogen) atoms. The predicted molar refractivity (Wildman–Crippen MR) is 75.4 cm³/mol. The van der Waals surface area contributed by atoms with Crippen LogP contribution in [0.4, 0.5) is 4.39 Å². The van der Waals surface area contributed by atoms with Crippen molar-refractivity contribution in [3.05, 3.63) is 34.3 Å². The van der Waals surface area contributed by atoms with E-state index in [9.17, 15) is 4.39 Å². The predicted octanol–water partition coefficient (Wildman–Crippen LogP) is 2.85. The highest BCUT2D eigenvalue weighted by Gasteiger charge is 2.28. The van der Waals surface area contributed by atoms with E-state index in [1.807, 2.05) is 6.92 Å². The molecule has 2 N–H and O–H groups in total. The van der Waals surface area contributed by atoms with Gasteiger partial charge < -0.3 is 15.0 Å². The van der Waals surface area contributed by atoms with Crippen LogP contribution in [0.5, 0.6) is 0 Å². The Morgan fingerprint density at radius 2 is 2.25 bits per heavy atom. The van der Waals surface area contributed by atoms with Gasteiger partial charge in [0.2, 0.25) is 0 Å². The summed E-state index contributed by atoms with van der Waals surface area (Å²) in [7, 11) is 0. The second-order valence-electron chi connectivity index (χ2n) is 4.60. The van der Waals surface area contributed by atoms with Gasteiger partial charge in [-0.2, -0.15) is 4.98 Å². The molecule has 1 aromatic heterocycles. The number of ether oxygens (including phenoxy) is 1. The number of nitrogens with zero attached hydrogens (tertiary/aromatic N) is 2. The maximum atomic E-state index is 13.8. The van der Waals surface area contributed by atoms with Crippen molar-refractivity contribution >= 4 is 15.9 Å². The second-order valence-corrected chi connectivity index (χ2v) is 5.52. The standard InChI is InChI=1S/C13H15BrFN3O2/c1-3-19-7-13(2,16)12-17-11(20-18-12)9-6-8(14)4-5-10(9)15/h4-6H,3,7,16H2,1-2H3. The van der Waals surface area contributed by atoms with Crippen LogP contribution in [0.1, 0.15) is 19.7 Å². The summed E-state index contributed by atoms with van der Waals surface area (Å²) in [5.41, 5.74) is 5.41. The number of hydrogen-bond acceptors (Lipinski definition) is 5. The fourth-order valence-corrected chi connectivity index (χ4v) is 1.97. The van der Waals surface area contributed by atoms with Gasteiger partial charge >= 0.3 is 0 Å². The van der Waals surface area contributed by atoms with Gasteiger partial charge in [-0.1, -0.05) is 21.1 Å². The Balaban J connectivity index is 2.31. The molecule has 0 saturated carbocycles. The molecule has 5 nitrogen and oxygen atoms in total. The lowest BCUT2D eigenvalue weighted by Crippen LogP contribution is -2.39. The van der Waals surface area contributed by atoms with Crippen molar-refractivity contribution < 1.29 is 13.7 Å². The third kappa shape index (κ3) is 3.23. The third-order valence-corrected chi connectivity index (χ3v) is 3.19. The Morgan fingerprint density at radius 1 is 1.50 bits per heavy atom. The minimum Gasteiger partial charge on any atom is -0.379 e. The van der Waals surface area contributed by atoms with E-state index < -0.39 is 11.4 Å². The minimum absolute atomic E-state index is 0.0898. The number of hydrogen-bond donors (Lipinski definition) is 1. The highest BCUT2D eigenvalue weighted by molar-refractivity contribution is 9.10. The smallest absolute Gasteiger partial charge is 0.261 e. The topological polar surface area (TPSA) is 74.2 Å². The van der Waals surface area contributed by atoms with Gasteiger partial charge in [-0.05, 0) is 32.0 Å². The van der Waals surface area contributed by atoms with Crippen molar-refractivity contribution in [2.75, 3.05) is 13.2 Å². The summed E-state index contributed by atoms with van der Waals surface area (Å²) in [5, 5.41) is 3.81. The summed E-state index contributed by atoms with van der Waals surface area (Å²) >= 11 is 3.27. The molecule has 0 saturated heterocycles. The molecule has 0 spiro atoms. The van der Waals surface area contributed by atoms with Crippen molar-refractivity contribution in [1.29, 1.82) is 0 Å². The second kappa shape index (κ2) is 5.99. The molecule has 0 bridgehead atoms. The van der Waals surface area contributed by atoms with E-state index in [1.165, 1.54) is 6.07 Å². The molecule has 0 amide bonds. The molecule has 1 unspecified atom stereocenters. The average molecular weight is 344 g/mol. The van der Waals surface area contributed by atoms with Crippen molar-refractivity contribution in [2.24, 2.45) is 5.73 Å². The zero-order chi connectivity index (χ0) is 14.8. The summed E-state index contributed by atoms with van der Waals surface area (Å²) in [6.07, 6.45) is 0. The van der Waals surface area contributed by atoms with E-state index in [0.717, 1.165) is 4.47 Å². The van der Waals surface area contributed by atoms with Gasteiger partial charge in [0.15, 0.2) is 5.82 Å². The van der Waals surface area contributed by atoms with Gasteiger partial charge in [-0.15, -0.1) is 0 Å². The molecule has 1 heterocycles. The van der Waals surface area contributed by atoms with Crippen LogP contribution >= 0.6 is 15.9 Å². The first-order chi connectivity index (χ1) is 9.44. The first kappa shape index (κ1) is 15.1. The molecular formula is C13H15BrFN3O2. The average Bonchev–Trinajstić information content (AvgIpc) is 2.89. The van der Waals surface area contributed by atoms with Gasteiger partial charge in [0, 0.05) is 11.1 Å². The highest BCUT2D eigenvalue weighted by Crippen LogP contribution is 2.26. The Hall–Kier alpha value is -1.31. The van der Waals surface area contributed by atoms with Crippen LogP contribution in [0.15, 0.2) is 27.2 Å². The summed E-state index contributed by atoms with van der Waals surface area (Å²) in [6.45, 7) is 4.39. The van der Waals surface area contributed by atoms with Crippen LogP contribution in [0.25, 0.3) is 11.5 Å². The Labute approximate surface area is 124 Å². The van der Waals surface area contributed by atoms with E-state index in [1.54, 1.807) is 19.1 Å². The quantitative estimate of drug-likeness (QED) is 0.903. The van der Waals surface area contributed by atoms with Crippen molar-refractivity contribution in [3.63, 3.8) is 0 Å². The van der Waals surface area contributed by atoms with E-state index in [2.05, 4.69) is 26.1 Å². The van der Waals surface area contributed by atoms with Crippen LogP contribution < -0.4 is 5.73 Å². The molecule has 0 radical (unpaired) electrons. The lowest BCUT2D eigenvalue weighted by atomic mass is 10.1. The molecule has 0 aliphatic heterocycles. The number of rotatable bonds is 5. The first-order valence-corrected chi connectivity index (χ1v) is 6.89. The van der Waals surface area contributed by atoms with E-state index in [-0.39, 0.29) is 23.9 Å². The van der Waals surface area contributed by atoms with E-state index >= 15 is 0 Å². The molecule has 0 aliphatic carbocycles. The number of nitrogens with two attached hydrogens (primary N) is 1. The fourth-order valence-electron chi connectivity index (χ4n) is 1.60. The van der Waals surface area contributed by atoms with Gasteiger partial charge in [0.25, 0.3) is 5.89 Å². The SMILES string of the molecule is CCOCC(C)(N)c1noc(-c2cc(Br)ccc2F)n1. The summed E-state index contributed by atoms with van der Waals surface area (Å²) in [4.78, 5) is 4.16. The molecule has 2 rings (SSSR count). The molecule has 0 fully saturated rings. The molecule has 1 atom stereocenters. The summed E-state index contributed by atoms with van der Waals surface area (Å²) < 4.78 is 24.9. The number of aromatic nitrogens is 2. The van der Waals surface area contributed by atoms with Crippen LogP contribution in [0.2, 0.25) is 0 Å². The molecule has 108 valence electrons. The molecular weight excluding hydrogens is 329 g/mol. The highest BCUT2D eigenvalue weighted by atomic mass is 79.9. The van der Waals surface area contributed by atoms with Crippen molar-refractivity contribution in [3.8, 4) is 11.5 Å². The third-order valence-electron chi connectivity index (χ3n) is 2.70. The maximum absolute atomic E-state index is 13.8. The van der Waals surface area contributed by atoms with Gasteiger partial charge in [-0.3, -0.25) is 0 Å². The Morgan fingerprint density at radius 3 is 2.95 bits per heavy atom. The normalized spacial score (nSPS) is 14.2. The van der Waals surface area contributed by atoms with Gasteiger partial charge in [0.05, 0.1) is 12.2 Å². The maximum Gasteiger partial charge on any atom is 0.261 e. The number of benzene rings is 1. The van der Waals surface area contributed by atoms with Crippen LogP contribution in [0, 0.1) is 5.82 Å². The van der Waals surface area contributed by atoms with E-state index in [0.29, 0.717) is 6.61 Å². The van der Waals surface area contributed by atoms with E-state index in [4.69, 9.17) is 15.0 Å². The Bertz CT molecular complexity index is 601. The number of halogens is 2. The van der Waals surface area contributed by atoms with Crippen molar-refractivity contribution in [2.45, 2.75) is 19.4 Å². The fraction of sp³-hybridized carbons (Fsp3) is 0.385. The van der Waals surface area contributed by atoms with Gasteiger partial charge in [0.1, 0.15) is 11.4 Å². The largest absolute Gasteiger partial charge is 0.379 e. The molecule has 1 aromatic carbocycles. The first-order valence-electron chi connectivity index (χ1n) is 6.10. The van der Waals surface area contributed by atoms with Crippen molar-refractivity contribution in [1.82, 2.24) is 10.1 Å². The molecule has 7 heteroatoms. The molecule has 0 aliphatic rings. The summed E-state index contributed by atoms with van der Waals surface area (Å²) in [5.74, 6) is -0.0702. The van der Waals surface area contributed by atoms with Gasteiger partial charge in [-0.25, -0.2) is 4.39 Å². The zero-order valence-corrected chi connectivity index (χ0v) is 12.8. The Kier molecular flexibility index (Phi) is 4.52. The lowest BCUT2D eigenvalue weighted by molar-refractivity contribution is 0.0962. The summed E-state index contributed by atoms with van der Waals surface area (Å²) in [6, 6.07) is 4.49. The minimum atomic E-state index is -0.889. The zero-order valence-electron chi connectivity index (χ0n) is 11.2. The van der Waals surface area contributed by atoms with Crippen LogP contribution in [0.3, 0.4) is 0 Å². The lowest BCUT2D eigenvalue weighted by Gasteiger charge is -2.19.